The van der Waals surface area contributed by atoms with Crippen molar-refractivity contribution < 1.29 is 9.90 Å². The second-order valence-electron chi connectivity index (χ2n) is 5.83. The Morgan fingerprint density at radius 1 is 1.33 bits per heavy atom. The Labute approximate surface area is 110 Å². The van der Waals surface area contributed by atoms with Gasteiger partial charge in [-0.2, -0.15) is 0 Å². The molecular weight excluding hydrogens is 228 g/mol. The summed E-state index contributed by atoms with van der Waals surface area (Å²) in [4.78, 5) is 14.3. The topological polar surface area (TPSA) is 52.6 Å². The van der Waals surface area contributed by atoms with E-state index in [1.807, 2.05) is 11.9 Å². The molecule has 1 saturated heterocycles. The van der Waals surface area contributed by atoms with Crippen LogP contribution in [0.4, 0.5) is 0 Å². The molecule has 2 fully saturated rings. The molecule has 1 heterocycles. The molecule has 0 bridgehead atoms. The molecule has 1 saturated carbocycles. The van der Waals surface area contributed by atoms with Gasteiger partial charge in [0, 0.05) is 18.5 Å². The molecule has 1 aliphatic carbocycles. The number of nitrogens with one attached hydrogen (secondary N) is 1. The summed E-state index contributed by atoms with van der Waals surface area (Å²) in [5, 5.41) is 12.7. The second-order valence-corrected chi connectivity index (χ2v) is 5.83. The highest BCUT2D eigenvalue weighted by atomic mass is 16.3. The third-order valence-electron chi connectivity index (χ3n) is 4.74. The number of likely N-dealkylation sites (tertiary alicyclic amines) is 1. The Kier molecular flexibility index (Phi) is 4.62. The van der Waals surface area contributed by atoms with Crippen LogP contribution < -0.4 is 5.32 Å². The van der Waals surface area contributed by atoms with Gasteiger partial charge >= 0.3 is 0 Å². The smallest absolute Gasteiger partial charge is 0.224 e. The largest absolute Gasteiger partial charge is 0.394 e. The van der Waals surface area contributed by atoms with Crippen LogP contribution in [0.3, 0.4) is 0 Å². The molecule has 1 atom stereocenters. The zero-order valence-corrected chi connectivity index (χ0v) is 11.5. The molecule has 2 aliphatic rings. The Balaban J connectivity index is 1.96. The summed E-state index contributed by atoms with van der Waals surface area (Å²) >= 11 is 0. The van der Waals surface area contributed by atoms with Gasteiger partial charge in [0.2, 0.25) is 5.91 Å². The van der Waals surface area contributed by atoms with Crippen molar-refractivity contribution in [3.8, 4) is 0 Å². The van der Waals surface area contributed by atoms with Crippen LogP contribution in [0.2, 0.25) is 0 Å². The third-order valence-corrected chi connectivity index (χ3v) is 4.74. The average molecular weight is 254 g/mol. The van der Waals surface area contributed by atoms with E-state index in [2.05, 4.69) is 5.32 Å². The average Bonchev–Trinajstić information content (AvgIpc) is 2.88. The summed E-state index contributed by atoms with van der Waals surface area (Å²) in [6, 6.07) is 0.0648. The first kappa shape index (κ1) is 13.8. The number of hydrogen-bond acceptors (Lipinski definition) is 3. The summed E-state index contributed by atoms with van der Waals surface area (Å²) in [6.45, 7) is 0.933. The highest BCUT2D eigenvalue weighted by molar-refractivity contribution is 5.78. The van der Waals surface area contributed by atoms with Crippen LogP contribution in [0.5, 0.6) is 0 Å². The zero-order chi connectivity index (χ0) is 13.0. The molecule has 1 amide bonds. The fourth-order valence-electron chi connectivity index (χ4n) is 3.49. The fourth-order valence-corrected chi connectivity index (χ4v) is 3.49. The van der Waals surface area contributed by atoms with Crippen LogP contribution in [0.1, 0.15) is 51.4 Å². The molecule has 1 aliphatic heterocycles. The lowest BCUT2D eigenvalue weighted by Gasteiger charge is -2.38. The van der Waals surface area contributed by atoms with Gasteiger partial charge in [-0.25, -0.2) is 0 Å². The molecule has 0 radical (unpaired) electrons. The Morgan fingerprint density at radius 2 is 2.06 bits per heavy atom. The van der Waals surface area contributed by atoms with E-state index in [0.717, 1.165) is 32.2 Å². The van der Waals surface area contributed by atoms with Crippen molar-refractivity contribution in [1.29, 1.82) is 0 Å². The van der Waals surface area contributed by atoms with Crippen molar-refractivity contribution in [3.05, 3.63) is 0 Å². The maximum atomic E-state index is 12.4. The Bertz CT molecular complexity index is 288. The van der Waals surface area contributed by atoms with Crippen molar-refractivity contribution in [2.75, 3.05) is 20.2 Å². The van der Waals surface area contributed by atoms with Crippen molar-refractivity contribution >= 4 is 5.91 Å². The summed E-state index contributed by atoms with van der Waals surface area (Å²) < 4.78 is 0. The molecule has 18 heavy (non-hydrogen) atoms. The predicted octanol–water partition coefficient (Wildman–Crippen LogP) is 1.28. The van der Waals surface area contributed by atoms with Crippen LogP contribution in [-0.4, -0.2) is 47.7 Å². The highest BCUT2D eigenvalue weighted by Crippen LogP contribution is 2.32. The number of aliphatic hydroxyl groups excluding tert-OH is 1. The lowest BCUT2D eigenvalue weighted by Crippen LogP contribution is -2.50. The number of aliphatic hydroxyl groups is 1. The van der Waals surface area contributed by atoms with Gasteiger partial charge in [-0.05, 0) is 32.7 Å². The molecular formula is C14H26N2O2. The lowest BCUT2D eigenvalue weighted by atomic mass is 9.79. The number of nitrogens with zero attached hydrogens (tertiary/aromatic N) is 1. The van der Waals surface area contributed by atoms with E-state index >= 15 is 0 Å². The van der Waals surface area contributed by atoms with E-state index in [4.69, 9.17) is 0 Å². The van der Waals surface area contributed by atoms with E-state index in [0.29, 0.717) is 6.42 Å². The van der Waals surface area contributed by atoms with Crippen LogP contribution >= 0.6 is 0 Å². The van der Waals surface area contributed by atoms with E-state index in [9.17, 15) is 9.90 Å². The second kappa shape index (κ2) is 6.02. The lowest BCUT2D eigenvalue weighted by molar-refractivity contribution is -0.134. The fraction of sp³-hybridized carbons (Fsp3) is 0.929. The maximum absolute atomic E-state index is 12.4. The summed E-state index contributed by atoms with van der Waals surface area (Å²) in [6.07, 6.45) is 8.52. The molecule has 2 N–H and O–H groups in total. The summed E-state index contributed by atoms with van der Waals surface area (Å²) in [7, 11) is 1.98. The number of carbonyl (C=O) groups excluding carboxylic acids is 1. The van der Waals surface area contributed by atoms with Crippen molar-refractivity contribution in [2.24, 2.45) is 0 Å². The van der Waals surface area contributed by atoms with Crippen molar-refractivity contribution in [2.45, 2.75) is 62.9 Å². The third kappa shape index (κ3) is 2.86. The van der Waals surface area contributed by atoms with Gasteiger partial charge in [0.15, 0.2) is 0 Å². The van der Waals surface area contributed by atoms with E-state index in [1.54, 1.807) is 0 Å². The normalized spacial score (nSPS) is 27.4. The molecule has 104 valence electrons. The minimum Gasteiger partial charge on any atom is -0.394 e. The minimum absolute atomic E-state index is 0.0118. The van der Waals surface area contributed by atoms with Crippen LogP contribution in [0.15, 0.2) is 0 Å². The first-order valence-corrected chi connectivity index (χ1v) is 7.30. The van der Waals surface area contributed by atoms with Crippen molar-refractivity contribution in [3.63, 3.8) is 0 Å². The molecule has 0 aromatic heterocycles. The zero-order valence-electron chi connectivity index (χ0n) is 11.5. The predicted molar refractivity (Wildman–Crippen MR) is 71.3 cm³/mol. The molecule has 0 aromatic carbocycles. The van der Waals surface area contributed by atoms with Crippen LogP contribution in [-0.2, 0) is 4.79 Å². The van der Waals surface area contributed by atoms with Crippen molar-refractivity contribution in [1.82, 2.24) is 10.2 Å². The molecule has 4 nitrogen and oxygen atoms in total. The Hall–Kier alpha value is -0.610. The standard InChI is InChI=1S/C14H26N2O2/c1-15-14(7-3-2-4-8-14)10-13(18)16-9-5-6-12(16)11-17/h12,15,17H,2-11H2,1H3/t12-/m0/s1. The number of rotatable bonds is 4. The SMILES string of the molecule is CNC1(CC(=O)N2CCC[C@H]2CO)CCCCC1. The minimum atomic E-state index is 0.0118. The molecule has 0 unspecified atom stereocenters. The van der Waals surface area contributed by atoms with Gasteiger partial charge in [0.25, 0.3) is 0 Å². The van der Waals surface area contributed by atoms with Gasteiger partial charge < -0.3 is 15.3 Å². The van der Waals surface area contributed by atoms with Gasteiger partial charge in [-0.15, -0.1) is 0 Å². The number of amides is 1. The van der Waals surface area contributed by atoms with E-state index < -0.39 is 0 Å². The quantitative estimate of drug-likeness (QED) is 0.794. The molecule has 0 aromatic rings. The Morgan fingerprint density at radius 3 is 2.67 bits per heavy atom. The first-order chi connectivity index (χ1) is 8.71. The summed E-state index contributed by atoms with van der Waals surface area (Å²) in [5.74, 6) is 0.225. The van der Waals surface area contributed by atoms with Gasteiger partial charge in [0.05, 0.1) is 12.6 Å². The first-order valence-electron chi connectivity index (χ1n) is 7.30. The summed E-state index contributed by atoms with van der Waals surface area (Å²) in [5.41, 5.74) is 0.0118. The van der Waals surface area contributed by atoms with E-state index in [1.165, 1.54) is 19.3 Å². The number of hydrogen-bond donors (Lipinski definition) is 2. The van der Waals surface area contributed by atoms with Gasteiger partial charge in [0.1, 0.15) is 0 Å². The molecule has 4 heteroatoms. The number of carbonyl (C=O) groups is 1. The molecule has 0 spiro atoms. The van der Waals surface area contributed by atoms with E-state index in [-0.39, 0.29) is 24.1 Å². The highest BCUT2D eigenvalue weighted by Gasteiger charge is 2.36. The van der Waals surface area contributed by atoms with Gasteiger partial charge in [-0.1, -0.05) is 19.3 Å². The maximum Gasteiger partial charge on any atom is 0.224 e. The van der Waals surface area contributed by atoms with Crippen LogP contribution in [0, 0.1) is 0 Å². The van der Waals surface area contributed by atoms with Gasteiger partial charge in [-0.3, -0.25) is 4.79 Å². The molecule has 2 rings (SSSR count). The van der Waals surface area contributed by atoms with Crippen LogP contribution in [0.25, 0.3) is 0 Å². The monoisotopic (exact) mass is 254 g/mol.